The van der Waals surface area contributed by atoms with Crippen molar-refractivity contribution in [3.63, 3.8) is 0 Å². The third-order valence-corrected chi connectivity index (χ3v) is 2.12. The van der Waals surface area contributed by atoms with E-state index in [0.29, 0.717) is 6.54 Å². The average molecular weight is 191 g/mol. The molecule has 2 N–H and O–H groups in total. The van der Waals surface area contributed by atoms with Gasteiger partial charge >= 0.3 is 0 Å². The lowest BCUT2D eigenvalue weighted by molar-refractivity contribution is 0.503. The number of nitrogens with zero attached hydrogens (tertiary/aromatic N) is 2. The van der Waals surface area contributed by atoms with Crippen LogP contribution in [0, 0.1) is 6.92 Å². The smallest absolute Gasteiger partial charge is 0.122 e. The maximum absolute atomic E-state index is 5.53. The lowest BCUT2D eigenvalue weighted by atomic mass is 10.2. The third-order valence-electron chi connectivity index (χ3n) is 2.12. The molecule has 0 amide bonds. The Hall–Kier alpha value is -1.55. The van der Waals surface area contributed by atoms with Crippen LogP contribution >= 0.6 is 0 Å². The van der Waals surface area contributed by atoms with E-state index in [-0.39, 0.29) is 0 Å². The van der Waals surface area contributed by atoms with Gasteiger partial charge in [-0.15, -0.1) is 0 Å². The highest BCUT2D eigenvalue weighted by atomic mass is 16.3. The van der Waals surface area contributed by atoms with Gasteiger partial charge in [-0.2, -0.15) is 5.10 Å². The zero-order valence-electron chi connectivity index (χ0n) is 8.10. The van der Waals surface area contributed by atoms with E-state index in [1.54, 1.807) is 6.26 Å². The Bertz CT molecular complexity index is 416. The molecule has 0 unspecified atom stereocenters. The van der Waals surface area contributed by atoms with E-state index in [1.165, 1.54) is 0 Å². The summed E-state index contributed by atoms with van der Waals surface area (Å²) in [4.78, 5) is 0. The molecule has 2 heterocycles. The van der Waals surface area contributed by atoms with E-state index >= 15 is 0 Å². The molecule has 74 valence electrons. The molecule has 0 aromatic carbocycles. The van der Waals surface area contributed by atoms with Crippen molar-refractivity contribution >= 4 is 0 Å². The second-order valence-corrected chi connectivity index (χ2v) is 3.29. The summed E-state index contributed by atoms with van der Waals surface area (Å²) in [5.41, 5.74) is 7.78. The van der Waals surface area contributed by atoms with Crippen molar-refractivity contribution in [1.82, 2.24) is 9.78 Å². The number of aromatic nitrogens is 2. The van der Waals surface area contributed by atoms with Gasteiger partial charge in [0.15, 0.2) is 0 Å². The third kappa shape index (κ3) is 1.70. The molecule has 0 spiro atoms. The van der Waals surface area contributed by atoms with Gasteiger partial charge in [0.25, 0.3) is 0 Å². The van der Waals surface area contributed by atoms with Crippen LogP contribution in [0.5, 0.6) is 0 Å². The summed E-state index contributed by atoms with van der Waals surface area (Å²) in [6.45, 7) is 3.17. The second-order valence-electron chi connectivity index (χ2n) is 3.29. The molecular weight excluding hydrogens is 178 g/mol. The number of nitrogens with two attached hydrogens (primary N) is 1. The van der Waals surface area contributed by atoms with Crippen LogP contribution in [0.4, 0.5) is 0 Å². The highest BCUT2D eigenvalue weighted by Gasteiger charge is 2.05. The summed E-state index contributed by atoms with van der Waals surface area (Å²) in [5.74, 6) is 0.832. The van der Waals surface area contributed by atoms with Gasteiger partial charge in [-0.3, -0.25) is 4.68 Å². The second kappa shape index (κ2) is 3.67. The van der Waals surface area contributed by atoms with Gasteiger partial charge in [0.2, 0.25) is 0 Å². The number of hydrogen-bond acceptors (Lipinski definition) is 3. The fraction of sp³-hybridized carbons (Fsp3) is 0.300. The van der Waals surface area contributed by atoms with Crippen LogP contribution in [-0.2, 0) is 13.1 Å². The maximum Gasteiger partial charge on any atom is 0.122 e. The molecule has 0 saturated heterocycles. The minimum Gasteiger partial charge on any atom is -0.468 e. The van der Waals surface area contributed by atoms with Crippen LogP contribution in [0.2, 0.25) is 0 Å². The Balaban J connectivity index is 2.18. The highest BCUT2D eigenvalue weighted by Crippen LogP contribution is 2.11. The Morgan fingerprint density at radius 1 is 1.57 bits per heavy atom. The fourth-order valence-corrected chi connectivity index (χ4v) is 1.41. The van der Waals surface area contributed by atoms with Crippen molar-refractivity contribution in [2.24, 2.45) is 5.73 Å². The monoisotopic (exact) mass is 191 g/mol. The zero-order valence-corrected chi connectivity index (χ0v) is 8.10. The van der Waals surface area contributed by atoms with E-state index in [1.807, 2.05) is 30.1 Å². The van der Waals surface area contributed by atoms with Crippen LogP contribution in [0.1, 0.15) is 16.9 Å². The topological polar surface area (TPSA) is 57.0 Å². The van der Waals surface area contributed by atoms with E-state index in [4.69, 9.17) is 10.2 Å². The van der Waals surface area contributed by atoms with Crippen LogP contribution in [0.15, 0.2) is 29.1 Å². The molecule has 0 radical (unpaired) electrons. The standard InChI is InChI=1S/C10H13N3O/c1-8-5-12-13(6-8)7-9-2-3-14-10(9)4-11/h2-3,5-6H,4,7,11H2,1H3. The summed E-state index contributed by atoms with van der Waals surface area (Å²) in [6.07, 6.45) is 5.49. The van der Waals surface area contributed by atoms with Crippen molar-refractivity contribution in [2.45, 2.75) is 20.0 Å². The summed E-state index contributed by atoms with van der Waals surface area (Å²) >= 11 is 0. The van der Waals surface area contributed by atoms with Crippen molar-refractivity contribution in [3.8, 4) is 0 Å². The van der Waals surface area contributed by atoms with Gasteiger partial charge in [0, 0.05) is 11.8 Å². The minimum atomic E-state index is 0.433. The largest absolute Gasteiger partial charge is 0.468 e. The summed E-state index contributed by atoms with van der Waals surface area (Å²) in [7, 11) is 0. The Labute approximate surface area is 82.3 Å². The summed E-state index contributed by atoms with van der Waals surface area (Å²) in [6, 6.07) is 1.93. The van der Waals surface area contributed by atoms with E-state index in [0.717, 1.165) is 23.4 Å². The molecule has 4 heteroatoms. The van der Waals surface area contributed by atoms with Crippen molar-refractivity contribution in [2.75, 3.05) is 0 Å². The fourth-order valence-electron chi connectivity index (χ4n) is 1.41. The molecule has 2 rings (SSSR count). The lowest BCUT2D eigenvalue weighted by Crippen LogP contribution is -2.04. The molecule has 0 aliphatic rings. The molecule has 0 aliphatic carbocycles. The number of rotatable bonds is 3. The zero-order chi connectivity index (χ0) is 9.97. The number of aryl methyl sites for hydroxylation is 1. The maximum atomic E-state index is 5.53. The summed E-state index contributed by atoms with van der Waals surface area (Å²) in [5, 5.41) is 4.20. The molecule has 2 aromatic heterocycles. The first kappa shape index (κ1) is 9.02. The quantitative estimate of drug-likeness (QED) is 0.795. The van der Waals surface area contributed by atoms with E-state index < -0.39 is 0 Å². The van der Waals surface area contributed by atoms with Gasteiger partial charge in [0.1, 0.15) is 5.76 Å². The number of hydrogen-bond donors (Lipinski definition) is 1. The van der Waals surface area contributed by atoms with Crippen LogP contribution in [-0.4, -0.2) is 9.78 Å². The molecule has 4 nitrogen and oxygen atoms in total. The average Bonchev–Trinajstić information content (AvgIpc) is 2.76. The summed E-state index contributed by atoms with van der Waals surface area (Å²) < 4.78 is 7.10. The molecule has 14 heavy (non-hydrogen) atoms. The predicted molar refractivity (Wildman–Crippen MR) is 52.7 cm³/mol. The van der Waals surface area contributed by atoms with Gasteiger partial charge < -0.3 is 10.2 Å². The van der Waals surface area contributed by atoms with E-state index in [9.17, 15) is 0 Å². The van der Waals surface area contributed by atoms with Crippen LogP contribution in [0.25, 0.3) is 0 Å². The Morgan fingerprint density at radius 2 is 2.43 bits per heavy atom. The molecule has 0 atom stereocenters. The number of furan rings is 1. The normalized spacial score (nSPS) is 10.7. The van der Waals surface area contributed by atoms with Gasteiger partial charge in [-0.25, -0.2) is 0 Å². The first-order valence-electron chi connectivity index (χ1n) is 4.54. The lowest BCUT2D eigenvalue weighted by Gasteiger charge is -2.00. The molecule has 0 saturated carbocycles. The molecule has 0 bridgehead atoms. The van der Waals surface area contributed by atoms with E-state index in [2.05, 4.69) is 5.10 Å². The van der Waals surface area contributed by atoms with Crippen LogP contribution < -0.4 is 5.73 Å². The van der Waals surface area contributed by atoms with Gasteiger partial charge in [-0.05, 0) is 18.6 Å². The minimum absolute atomic E-state index is 0.433. The highest BCUT2D eigenvalue weighted by molar-refractivity contribution is 5.17. The van der Waals surface area contributed by atoms with Gasteiger partial charge in [0.05, 0.1) is 25.5 Å². The Morgan fingerprint density at radius 3 is 3.07 bits per heavy atom. The van der Waals surface area contributed by atoms with Crippen molar-refractivity contribution in [3.05, 3.63) is 41.6 Å². The molecule has 0 aliphatic heterocycles. The Kier molecular flexibility index (Phi) is 2.37. The SMILES string of the molecule is Cc1cnn(Cc2ccoc2CN)c1. The molecule has 2 aromatic rings. The van der Waals surface area contributed by atoms with Crippen LogP contribution in [0.3, 0.4) is 0 Å². The first-order valence-corrected chi connectivity index (χ1v) is 4.54. The van der Waals surface area contributed by atoms with Crippen molar-refractivity contribution < 1.29 is 4.42 Å². The van der Waals surface area contributed by atoms with Gasteiger partial charge in [-0.1, -0.05) is 0 Å². The van der Waals surface area contributed by atoms with Crippen molar-refractivity contribution in [1.29, 1.82) is 0 Å². The first-order chi connectivity index (χ1) is 6.79. The molecular formula is C10H13N3O. The molecule has 0 fully saturated rings. The predicted octanol–water partition coefficient (Wildman–Crippen LogP) is 1.29.